The van der Waals surface area contributed by atoms with Gasteiger partial charge >= 0.3 is 0 Å². The summed E-state index contributed by atoms with van der Waals surface area (Å²) < 4.78 is 10.6. The summed E-state index contributed by atoms with van der Waals surface area (Å²) in [6.07, 6.45) is 1.53. The Morgan fingerprint density at radius 1 is 1.29 bits per heavy atom. The molecule has 24 heavy (non-hydrogen) atoms. The van der Waals surface area contributed by atoms with Crippen LogP contribution in [0.15, 0.2) is 56.7 Å². The van der Waals surface area contributed by atoms with Crippen LogP contribution in [0.4, 0.5) is 0 Å². The summed E-state index contributed by atoms with van der Waals surface area (Å²) in [5.74, 6) is 0.838. The number of thioether (sulfide) groups is 1. The third-order valence-electron chi connectivity index (χ3n) is 3.21. The number of carbonyl (C=O) groups excluding carboxylic acids is 1. The summed E-state index contributed by atoms with van der Waals surface area (Å²) in [6, 6.07) is 10.7. The molecule has 0 unspecified atom stereocenters. The average molecular weight is 364 g/mol. The summed E-state index contributed by atoms with van der Waals surface area (Å²) in [7, 11) is 0. The van der Waals surface area contributed by atoms with E-state index in [1.807, 2.05) is 19.1 Å². The van der Waals surface area contributed by atoms with Gasteiger partial charge < -0.3 is 14.2 Å². The summed E-state index contributed by atoms with van der Waals surface area (Å²) >= 11 is 7.03. The van der Waals surface area contributed by atoms with Gasteiger partial charge in [-0.2, -0.15) is 0 Å². The van der Waals surface area contributed by atoms with Crippen LogP contribution in [0.25, 0.3) is 11.7 Å². The highest BCUT2D eigenvalue weighted by Crippen LogP contribution is 2.23. The number of hydrogen-bond acceptors (Lipinski definition) is 6. The summed E-state index contributed by atoms with van der Waals surface area (Å²) in [4.78, 5) is 12.0. The summed E-state index contributed by atoms with van der Waals surface area (Å²) in [5.41, 5.74) is 0.982. The predicted molar refractivity (Wildman–Crippen MR) is 90.7 cm³/mol. The number of rotatable bonds is 6. The van der Waals surface area contributed by atoms with Crippen molar-refractivity contribution in [2.75, 3.05) is 5.75 Å². The molecule has 124 valence electrons. The number of nitrogens with one attached hydrogen (secondary N) is 1. The van der Waals surface area contributed by atoms with Gasteiger partial charge in [0, 0.05) is 5.02 Å². The second kappa shape index (κ2) is 7.55. The number of halogens is 1. The first-order chi connectivity index (χ1) is 11.6. The van der Waals surface area contributed by atoms with Crippen LogP contribution in [0.5, 0.6) is 0 Å². The van der Waals surface area contributed by atoms with Crippen molar-refractivity contribution in [1.29, 1.82) is 0 Å². The molecule has 1 aromatic carbocycles. The van der Waals surface area contributed by atoms with E-state index in [0.717, 1.165) is 5.56 Å². The number of hydrogen-bond donors (Lipinski definition) is 1. The van der Waals surface area contributed by atoms with Crippen molar-refractivity contribution in [2.24, 2.45) is 0 Å². The van der Waals surface area contributed by atoms with Gasteiger partial charge in [0.25, 0.3) is 11.1 Å². The van der Waals surface area contributed by atoms with Crippen molar-refractivity contribution in [2.45, 2.75) is 18.2 Å². The fourth-order valence-corrected chi connectivity index (χ4v) is 2.71. The van der Waals surface area contributed by atoms with Crippen LogP contribution < -0.4 is 5.32 Å². The molecule has 1 atom stereocenters. The smallest absolute Gasteiger partial charge is 0.284 e. The quantitative estimate of drug-likeness (QED) is 0.668. The second-order valence-electron chi connectivity index (χ2n) is 4.98. The van der Waals surface area contributed by atoms with E-state index in [0.29, 0.717) is 16.0 Å². The van der Waals surface area contributed by atoms with Crippen LogP contribution in [0.1, 0.15) is 18.5 Å². The minimum atomic E-state index is -0.125. The van der Waals surface area contributed by atoms with E-state index in [1.54, 1.807) is 24.3 Å². The van der Waals surface area contributed by atoms with Crippen LogP contribution in [0.2, 0.25) is 5.02 Å². The van der Waals surface area contributed by atoms with Crippen LogP contribution in [-0.2, 0) is 4.79 Å². The third-order valence-corrected chi connectivity index (χ3v) is 4.28. The normalized spacial score (nSPS) is 12.1. The first-order valence-corrected chi connectivity index (χ1v) is 8.53. The molecule has 0 aliphatic rings. The van der Waals surface area contributed by atoms with Gasteiger partial charge in [0.2, 0.25) is 5.91 Å². The number of aromatic nitrogens is 2. The van der Waals surface area contributed by atoms with E-state index in [2.05, 4.69) is 15.5 Å². The largest absolute Gasteiger partial charge is 0.459 e. The van der Waals surface area contributed by atoms with Crippen molar-refractivity contribution < 1.29 is 13.6 Å². The number of amides is 1. The van der Waals surface area contributed by atoms with Crippen molar-refractivity contribution in [3.63, 3.8) is 0 Å². The van der Waals surface area contributed by atoms with Gasteiger partial charge in [-0.05, 0) is 36.8 Å². The van der Waals surface area contributed by atoms with E-state index >= 15 is 0 Å². The zero-order valence-corrected chi connectivity index (χ0v) is 14.3. The van der Waals surface area contributed by atoms with E-state index in [-0.39, 0.29) is 23.6 Å². The molecule has 3 aromatic rings. The van der Waals surface area contributed by atoms with Crippen molar-refractivity contribution in [1.82, 2.24) is 15.5 Å². The fourth-order valence-electron chi connectivity index (χ4n) is 2.01. The van der Waals surface area contributed by atoms with Crippen molar-refractivity contribution in [3.05, 3.63) is 53.2 Å². The number of carbonyl (C=O) groups is 1. The Balaban J connectivity index is 1.51. The topological polar surface area (TPSA) is 81.2 Å². The monoisotopic (exact) mass is 363 g/mol. The van der Waals surface area contributed by atoms with Gasteiger partial charge in [-0.1, -0.05) is 35.5 Å². The zero-order chi connectivity index (χ0) is 16.9. The second-order valence-corrected chi connectivity index (χ2v) is 6.34. The molecule has 2 heterocycles. The molecular formula is C16H14ClN3O3S. The van der Waals surface area contributed by atoms with E-state index in [9.17, 15) is 4.79 Å². The lowest BCUT2D eigenvalue weighted by Gasteiger charge is -2.13. The van der Waals surface area contributed by atoms with Gasteiger partial charge in [0.05, 0.1) is 18.1 Å². The van der Waals surface area contributed by atoms with Crippen molar-refractivity contribution >= 4 is 29.3 Å². The van der Waals surface area contributed by atoms with Gasteiger partial charge in [-0.3, -0.25) is 4.79 Å². The molecule has 0 aliphatic heterocycles. The van der Waals surface area contributed by atoms with Gasteiger partial charge in [0.1, 0.15) is 0 Å². The Kier molecular flexibility index (Phi) is 5.22. The molecule has 0 radical (unpaired) electrons. The summed E-state index contributed by atoms with van der Waals surface area (Å²) in [5, 5.41) is 11.6. The summed E-state index contributed by atoms with van der Waals surface area (Å²) in [6.45, 7) is 1.91. The third kappa shape index (κ3) is 4.18. The maximum atomic E-state index is 12.0. The first kappa shape index (κ1) is 16.6. The SMILES string of the molecule is C[C@H](NC(=O)CSc1nnc(-c2ccco2)o1)c1ccc(Cl)cc1. The highest BCUT2D eigenvalue weighted by Gasteiger charge is 2.14. The number of furan rings is 1. The molecule has 0 bridgehead atoms. The molecule has 0 fully saturated rings. The van der Waals surface area contributed by atoms with E-state index in [1.165, 1.54) is 18.0 Å². The van der Waals surface area contributed by atoms with Gasteiger partial charge in [-0.15, -0.1) is 10.2 Å². The van der Waals surface area contributed by atoms with Crippen molar-refractivity contribution in [3.8, 4) is 11.7 Å². The van der Waals surface area contributed by atoms with Crippen LogP contribution in [-0.4, -0.2) is 21.9 Å². The van der Waals surface area contributed by atoms with Crippen LogP contribution in [0, 0.1) is 0 Å². The molecule has 3 rings (SSSR count). The lowest BCUT2D eigenvalue weighted by atomic mass is 10.1. The van der Waals surface area contributed by atoms with Crippen LogP contribution >= 0.6 is 23.4 Å². The minimum Gasteiger partial charge on any atom is -0.459 e. The number of nitrogens with zero attached hydrogens (tertiary/aromatic N) is 2. The molecule has 6 nitrogen and oxygen atoms in total. The van der Waals surface area contributed by atoms with E-state index < -0.39 is 0 Å². The molecule has 1 amide bonds. The molecule has 1 N–H and O–H groups in total. The molecule has 0 aliphatic carbocycles. The Morgan fingerprint density at radius 3 is 2.79 bits per heavy atom. The molecule has 0 saturated heterocycles. The lowest BCUT2D eigenvalue weighted by molar-refractivity contribution is -0.119. The fraction of sp³-hybridized carbons (Fsp3) is 0.188. The molecular weight excluding hydrogens is 350 g/mol. The Morgan fingerprint density at radius 2 is 2.08 bits per heavy atom. The minimum absolute atomic E-state index is 0.114. The average Bonchev–Trinajstić information content (AvgIpc) is 3.25. The first-order valence-electron chi connectivity index (χ1n) is 7.17. The predicted octanol–water partition coefficient (Wildman–Crippen LogP) is 3.95. The Bertz CT molecular complexity index is 802. The Labute approximate surface area is 147 Å². The molecule has 2 aromatic heterocycles. The van der Waals surface area contributed by atoms with Gasteiger partial charge in [0.15, 0.2) is 5.76 Å². The van der Waals surface area contributed by atoms with Crippen LogP contribution in [0.3, 0.4) is 0 Å². The molecule has 0 spiro atoms. The number of benzene rings is 1. The zero-order valence-electron chi connectivity index (χ0n) is 12.7. The maximum absolute atomic E-state index is 12.0. The Hall–Kier alpha value is -2.25. The maximum Gasteiger partial charge on any atom is 0.284 e. The highest BCUT2D eigenvalue weighted by atomic mass is 35.5. The standard InChI is InChI=1S/C16H14ClN3O3S/c1-10(11-4-6-12(17)7-5-11)18-14(21)9-24-16-20-19-15(23-16)13-3-2-8-22-13/h2-8,10H,9H2,1H3,(H,18,21)/t10-/m0/s1. The highest BCUT2D eigenvalue weighted by molar-refractivity contribution is 7.99. The molecule has 8 heteroatoms. The molecule has 0 saturated carbocycles. The lowest BCUT2D eigenvalue weighted by Crippen LogP contribution is -2.28. The van der Waals surface area contributed by atoms with E-state index in [4.69, 9.17) is 20.4 Å². The van der Waals surface area contributed by atoms with Gasteiger partial charge in [-0.25, -0.2) is 0 Å².